The van der Waals surface area contributed by atoms with Crippen molar-refractivity contribution in [2.75, 3.05) is 0 Å². The molecule has 0 aromatic heterocycles. The van der Waals surface area contributed by atoms with Crippen molar-refractivity contribution in [2.45, 2.75) is 0 Å². The Morgan fingerprint density at radius 3 is 1.22 bits per heavy atom. The van der Waals surface area contributed by atoms with Crippen LogP contribution < -0.4 is 0 Å². The van der Waals surface area contributed by atoms with Crippen LogP contribution in [0.15, 0.2) is 0 Å². The third-order valence-electron chi connectivity index (χ3n) is 0. The van der Waals surface area contributed by atoms with Crippen LogP contribution >= 0.6 is 19.3 Å². The molecule has 0 bridgehead atoms. The van der Waals surface area contributed by atoms with Crippen molar-refractivity contribution in [2.24, 2.45) is 0 Å². The molecule has 0 aliphatic rings. The number of hydrogen-bond acceptors (Lipinski definition) is 5. The topological polar surface area (TPSA) is 115 Å². The highest BCUT2D eigenvalue weighted by atomic mass is 35.7. The van der Waals surface area contributed by atoms with Gasteiger partial charge in [-0.2, -0.15) is 8.42 Å². The molecular weight excluding hydrogens is 194 g/mol. The first-order chi connectivity index (χ1) is 3.73. The standard InChI is InChI=1S/ClHO3S.H3O3P/c1-5(2,3)4;1-4(2)3/h(H,2,3,4);1-3H. The van der Waals surface area contributed by atoms with Crippen LogP contribution in [0.25, 0.3) is 0 Å². The predicted octanol–water partition coefficient (Wildman–Crippen LogP) is -0.782. The fraction of sp³-hybridized carbons (Fsp3) is 0. The fourth-order valence-corrected chi connectivity index (χ4v) is 0. The summed E-state index contributed by atoms with van der Waals surface area (Å²) in [6.45, 7) is 0. The normalized spacial score (nSPS) is 10.4. The molecular formula is H4ClO6PS. The minimum absolute atomic E-state index is 2.62. The van der Waals surface area contributed by atoms with Crippen LogP contribution in [0.4, 0.5) is 0 Å². The summed E-state index contributed by atoms with van der Waals surface area (Å²) in [7, 11) is -2.76. The van der Waals surface area contributed by atoms with Crippen LogP contribution in [-0.4, -0.2) is 27.7 Å². The van der Waals surface area contributed by atoms with E-state index in [1.165, 1.54) is 0 Å². The maximum absolute atomic E-state index is 8.95. The average Bonchev–Trinajstić information content (AvgIpc) is 1.19. The molecule has 58 valence electrons. The molecule has 0 aromatic rings. The van der Waals surface area contributed by atoms with Gasteiger partial charge in [-0.05, 0) is 0 Å². The van der Waals surface area contributed by atoms with Gasteiger partial charge in [0.25, 0.3) is 0 Å². The van der Waals surface area contributed by atoms with Crippen molar-refractivity contribution >= 4 is 28.6 Å². The zero-order valence-corrected chi connectivity index (χ0v) is 6.31. The average molecular weight is 199 g/mol. The fourth-order valence-electron chi connectivity index (χ4n) is 0. The van der Waals surface area contributed by atoms with Crippen molar-refractivity contribution in [1.82, 2.24) is 0 Å². The quantitative estimate of drug-likeness (QED) is 0.231. The lowest BCUT2D eigenvalue weighted by Crippen LogP contribution is -1.77. The second-order valence-electron chi connectivity index (χ2n) is 0.680. The third-order valence-corrected chi connectivity index (χ3v) is 0. The van der Waals surface area contributed by atoms with E-state index in [9.17, 15) is 0 Å². The molecule has 0 aliphatic carbocycles. The van der Waals surface area contributed by atoms with E-state index in [-0.39, 0.29) is 0 Å². The molecule has 0 radical (unpaired) electrons. The maximum Gasteiger partial charge on any atom is 0.353 e. The Morgan fingerprint density at radius 2 is 1.22 bits per heavy atom. The van der Waals surface area contributed by atoms with Crippen LogP contribution in [0.1, 0.15) is 0 Å². The number of hydrogen-bond donors (Lipinski definition) is 4. The molecule has 9 heavy (non-hydrogen) atoms. The molecule has 0 unspecified atom stereocenters. The van der Waals surface area contributed by atoms with E-state index in [1.54, 1.807) is 0 Å². The van der Waals surface area contributed by atoms with Gasteiger partial charge in [-0.3, -0.25) is 4.55 Å². The van der Waals surface area contributed by atoms with Crippen LogP contribution in [0.2, 0.25) is 0 Å². The lowest BCUT2D eigenvalue weighted by Gasteiger charge is -1.76. The third kappa shape index (κ3) is 1390. The smallest absolute Gasteiger partial charge is 0.328 e. The van der Waals surface area contributed by atoms with Gasteiger partial charge in [0.15, 0.2) is 0 Å². The van der Waals surface area contributed by atoms with Crippen LogP contribution in [0.5, 0.6) is 0 Å². The molecule has 0 spiro atoms. The van der Waals surface area contributed by atoms with Gasteiger partial charge in [0, 0.05) is 10.7 Å². The van der Waals surface area contributed by atoms with Crippen molar-refractivity contribution in [3.8, 4) is 0 Å². The van der Waals surface area contributed by atoms with Crippen molar-refractivity contribution < 1.29 is 27.7 Å². The van der Waals surface area contributed by atoms with Gasteiger partial charge in [-0.25, -0.2) is 0 Å². The molecule has 4 N–H and O–H groups in total. The molecule has 0 rings (SSSR count). The van der Waals surface area contributed by atoms with Crippen LogP contribution in [-0.2, 0) is 9.33 Å². The zero-order valence-electron chi connectivity index (χ0n) is 3.84. The molecule has 6 nitrogen and oxygen atoms in total. The SMILES string of the molecule is O=S(=O)(O)Cl.OP(O)O. The summed E-state index contributed by atoms with van der Waals surface area (Å²) in [4.78, 5) is 21.7. The Hall–Kier alpha value is 0.510. The number of halogens is 1. The van der Waals surface area contributed by atoms with Gasteiger partial charge in [-0.15, -0.1) is 0 Å². The zero-order chi connectivity index (χ0) is 8.08. The minimum atomic E-state index is -4.19. The first-order valence-electron chi connectivity index (χ1n) is 1.27. The molecule has 0 aliphatic heterocycles. The van der Waals surface area contributed by atoms with Gasteiger partial charge in [0.2, 0.25) is 0 Å². The largest absolute Gasteiger partial charge is 0.353 e. The Morgan fingerprint density at radius 1 is 1.22 bits per heavy atom. The van der Waals surface area contributed by atoms with Gasteiger partial charge in [-0.1, -0.05) is 0 Å². The monoisotopic (exact) mass is 198 g/mol. The van der Waals surface area contributed by atoms with Crippen molar-refractivity contribution in [3.63, 3.8) is 0 Å². The predicted molar refractivity (Wildman–Crippen MR) is 31.0 cm³/mol. The van der Waals surface area contributed by atoms with Crippen molar-refractivity contribution in [1.29, 1.82) is 0 Å². The summed E-state index contributed by atoms with van der Waals surface area (Å²) >= 11 is 0. The van der Waals surface area contributed by atoms with Gasteiger partial charge < -0.3 is 14.7 Å². The summed E-state index contributed by atoms with van der Waals surface area (Å²) in [5.41, 5.74) is 0. The Balaban J connectivity index is 0. The molecule has 0 aromatic carbocycles. The molecule has 0 saturated carbocycles. The first-order valence-corrected chi connectivity index (χ1v) is 4.74. The van der Waals surface area contributed by atoms with Crippen LogP contribution in [0.3, 0.4) is 0 Å². The molecule has 0 heterocycles. The second-order valence-corrected chi connectivity index (χ2v) is 3.21. The molecule has 9 heteroatoms. The first kappa shape index (κ1) is 12.2. The lowest BCUT2D eigenvalue weighted by molar-refractivity contribution is 0.368. The van der Waals surface area contributed by atoms with E-state index in [0.29, 0.717) is 0 Å². The summed E-state index contributed by atoms with van der Waals surface area (Å²) in [5, 5.41) is 0. The highest BCUT2D eigenvalue weighted by Gasteiger charge is 1.86. The van der Waals surface area contributed by atoms with E-state index >= 15 is 0 Å². The highest BCUT2D eigenvalue weighted by molar-refractivity contribution is 8.09. The Labute approximate surface area is 57.0 Å². The van der Waals surface area contributed by atoms with Crippen LogP contribution in [0, 0.1) is 0 Å². The van der Waals surface area contributed by atoms with Gasteiger partial charge in [0.1, 0.15) is 0 Å². The minimum Gasteiger partial charge on any atom is -0.328 e. The summed E-state index contributed by atoms with van der Waals surface area (Å²) in [5.74, 6) is 0. The second kappa shape index (κ2) is 5.31. The van der Waals surface area contributed by atoms with E-state index in [2.05, 4.69) is 10.7 Å². The maximum atomic E-state index is 8.95. The van der Waals surface area contributed by atoms with E-state index in [4.69, 9.17) is 27.7 Å². The van der Waals surface area contributed by atoms with Crippen molar-refractivity contribution in [3.05, 3.63) is 0 Å². The summed E-state index contributed by atoms with van der Waals surface area (Å²) in [6, 6.07) is 0. The highest BCUT2D eigenvalue weighted by Crippen LogP contribution is 2.11. The number of rotatable bonds is 0. The van der Waals surface area contributed by atoms with E-state index < -0.39 is 17.9 Å². The van der Waals surface area contributed by atoms with Gasteiger partial charge in [0.05, 0.1) is 0 Å². The Kier molecular flexibility index (Phi) is 7.20. The molecule has 0 amide bonds. The molecule has 0 fully saturated rings. The van der Waals surface area contributed by atoms with E-state index in [0.717, 1.165) is 0 Å². The Bertz CT molecular complexity index is 124. The van der Waals surface area contributed by atoms with Gasteiger partial charge >= 0.3 is 17.9 Å². The molecule has 0 saturated heterocycles. The lowest BCUT2D eigenvalue weighted by atomic mass is 15.8. The van der Waals surface area contributed by atoms with E-state index in [1.807, 2.05) is 0 Å². The summed E-state index contributed by atoms with van der Waals surface area (Å²) < 4.78 is 25.2. The molecule has 0 atom stereocenters. The summed E-state index contributed by atoms with van der Waals surface area (Å²) in [6.07, 6.45) is 0.